The SMILES string of the molecule is COc1ccc(C)cc1CNC(C)Cc1ccsc1. The summed E-state index contributed by atoms with van der Waals surface area (Å²) in [5, 5.41) is 7.91. The lowest BCUT2D eigenvalue weighted by molar-refractivity contribution is 0.405. The van der Waals surface area contributed by atoms with Gasteiger partial charge in [-0.05, 0) is 48.7 Å². The molecule has 1 heterocycles. The molecular formula is C16H21NOS. The van der Waals surface area contributed by atoms with Gasteiger partial charge in [0.25, 0.3) is 0 Å². The van der Waals surface area contributed by atoms with E-state index < -0.39 is 0 Å². The second-order valence-electron chi connectivity index (χ2n) is 4.93. The molecule has 0 bridgehead atoms. The van der Waals surface area contributed by atoms with Crippen LogP contribution in [-0.4, -0.2) is 13.2 Å². The molecule has 2 rings (SSSR count). The number of benzene rings is 1. The van der Waals surface area contributed by atoms with Gasteiger partial charge in [-0.2, -0.15) is 11.3 Å². The molecule has 0 saturated heterocycles. The molecule has 0 aliphatic carbocycles. The molecule has 0 saturated carbocycles. The Balaban J connectivity index is 1.92. The Kier molecular flexibility index (Phi) is 5.00. The van der Waals surface area contributed by atoms with Crippen molar-refractivity contribution in [3.05, 3.63) is 51.7 Å². The molecule has 19 heavy (non-hydrogen) atoms. The molecule has 0 aliphatic rings. The number of hydrogen-bond acceptors (Lipinski definition) is 3. The highest BCUT2D eigenvalue weighted by Crippen LogP contribution is 2.19. The van der Waals surface area contributed by atoms with Crippen LogP contribution in [0.5, 0.6) is 5.75 Å². The molecule has 1 N–H and O–H groups in total. The van der Waals surface area contributed by atoms with E-state index in [0.717, 1.165) is 18.7 Å². The zero-order valence-electron chi connectivity index (χ0n) is 11.8. The minimum absolute atomic E-state index is 0.458. The van der Waals surface area contributed by atoms with Crippen molar-refractivity contribution in [1.82, 2.24) is 5.32 Å². The van der Waals surface area contributed by atoms with Crippen molar-refractivity contribution >= 4 is 11.3 Å². The quantitative estimate of drug-likeness (QED) is 0.866. The molecular weight excluding hydrogens is 254 g/mol. The predicted molar refractivity (Wildman–Crippen MR) is 82.1 cm³/mol. The monoisotopic (exact) mass is 275 g/mol. The van der Waals surface area contributed by atoms with E-state index in [-0.39, 0.29) is 0 Å². The average Bonchev–Trinajstić information content (AvgIpc) is 2.89. The molecule has 1 unspecified atom stereocenters. The number of aryl methyl sites for hydroxylation is 1. The van der Waals surface area contributed by atoms with Crippen LogP contribution in [0, 0.1) is 6.92 Å². The van der Waals surface area contributed by atoms with E-state index in [4.69, 9.17) is 4.74 Å². The van der Waals surface area contributed by atoms with Crippen LogP contribution in [-0.2, 0) is 13.0 Å². The van der Waals surface area contributed by atoms with Gasteiger partial charge >= 0.3 is 0 Å². The maximum Gasteiger partial charge on any atom is 0.123 e. The Morgan fingerprint density at radius 2 is 2.16 bits per heavy atom. The molecule has 0 fully saturated rings. The summed E-state index contributed by atoms with van der Waals surface area (Å²) in [5.74, 6) is 0.959. The molecule has 2 aromatic rings. The molecule has 2 nitrogen and oxygen atoms in total. The fourth-order valence-electron chi connectivity index (χ4n) is 2.16. The van der Waals surface area contributed by atoms with Crippen LogP contribution in [0.15, 0.2) is 35.0 Å². The summed E-state index contributed by atoms with van der Waals surface area (Å²) in [5.41, 5.74) is 3.89. The van der Waals surface area contributed by atoms with E-state index in [9.17, 15) is 0 Å². The zero-order chi connectivity index (χ0) is 13.7. The van der Waals surface area contributed by atoms with Gasteiger partial charge in [-0.25, -0.2) is 0 Å². The molecule has 0 amide bonds. The van der Waals surface area contributed by atoms with Crippen LogP contribution < -0.4 is 10.1 Å². The van der Waals surface area contributed by atoms with Crippen molar-refractivity contribution in [3.8, 4) is 5.75 Å². The summed E-state index contributed by atoms with van der Waals surface area (Å²) >= 11 is 1.76. The summed E-state index contributed by atoms with van der Waals surface area (Å²) in [6.45, 7) is 5.17. The van der Waals surface area contributed by atoms with E-state index in [2.05, 4.69) is 48.1 Å². The Morgan fingerprint density at radius 3 is 2.84 bits per heavy atom. The van der Waals surface area contributed by atoms with Gasteiger partial charge in [0, 0.05) is 18.2 Å². The molecule has 3 heteroatoms. The fourth-order valence-corrected chi connectivity index (χ4v) is 2.85. The van der Waals surface area contributed by atoms with Crippen molar-refractivity contribution in [2.45, 2.75) is 32.9 Å². The number of rotatable bonds is 6. The lowest BCUT2D eigenvalue weighted by atomic mass is 10.1. The topological polar surface area (TPSA) is 21.3 Å². The highest BCUT2D eigenvalue weighted by molar-refractivity contribution is 7.07. The van der Waals surface area contributed by atoms with Crippen molar-refractivity contribution in [3.63, 3.8) is 0 Å². The van der Waals surface area contributed by atoms with Gasteiger partial charge in [0.2, 0.25) is 0 Å². The van der Waals surface area contributed by atoms with Gasteiger partial charge in [0.05, 0.1) is 7.11 Å². The van der Waals surface area contributed by atoms with E-state index in [1.165, 1.54) is 16.7 Å². The number of methoxy groups -OCH3 is 1. The standard InChI is InChI=1S/C16H21NOS/c1-12-4-5-16(18-3)15(8-12)10-17-13(2)9-14-6-7-19-11-14/h4-8,11,13,17H,9-10H2,1-3H3. The van der Waals surface area contributed by atoms with Crippen molar-refractivity contribution in [2.75, 3.05) is 7.11 Å². The third-order valence-electron chi connectivity index (χ3n) is 3.20. The predicted octanol–water partition coefficient (Wildman–Crippen LogP) is 3.79. The molecule has 1 aromatic carbocycles. The summed E-state index contributed by atoms with van der Waals surface area (Å²) in [6.07, 6.45) is 1.07. The maximum atomic E-state index is 5.40. The van der Waals surface area contributed by atoms with Crippen LogP contribution in [0.2, 0.25) is 0 Å². The van der Waals surface area contributed by atoms with Gasteiger partial charge in [-0.3, -0.25) is 0 Å². The summed E-state index contributed by atoms with van der Waals surface area (Å²) < 4.78 is 5.40. The molecule has 0 spiro atoms. The van der Waals surface area contributed by atoms with E-state index in [1.54, 1.807) is 18.4 Å². The summed E-state index contributed by atoms with van der Waals surface area (Å²) in [7, 11) is 1.73. The van der Waals surface area contributed by atoms with Crippen LogP contribution in [0.25, 0.3) is 0 Å². The van der Waals surface area contributed by atoms with Crippen molar-refractivity contribution in [2.24, 2.45) is 0 Å². The lowest BCUT2D eigenvalue weighted by Crippen LogP contribution is -2.27. The first kappa shape index (κ1) is 14.1. The van der Waals surface area contributed by atoms with E-state index >= 15 is 0 Å². The minimum Gasteiger partial charge on any atom is -0.496 e. The average molecular weight is 275 g/mol. The Bertz CT molecular complexity index is 507. The lowest BCUT2D eigenvalue weighted by Gasteiger charge is -2.15. The first-order valence-electron chi connectivity index (χ1n) is 6.57. The summed E-state index contributed by atoms with van der Waals surface area (Å²) in [4.78, 5) is 0. The molecule has 102 valence electrons. The number of hydrogen-bond donors (Lipinski definition) is 1. The van der Waals surface area contributed by atoms with Gasteiger partial charge in [-0.15, -0.1) is 0 Å². The van der Waals surface area contributed by atoms with Gasteiger partial charge in [0.1, 0.15) is 5.75 Å². The smallest absolute Gasteiger partial charge is 0.123 e. The molecule has 1 aromatic heterocycles. The highest BCUT2D eigenvalue weighted by Gasteiger charge is 2.07. The van der Waals surface area contributed by atoms with Crippen molar-refractivity contribution in [1.29, 1.82) is 0 Å². The largest absolute Gasteiger partial charge is 0.496 e. The summed E-state index contributed by atoms with van der Waals surface area (Å²) in [6, 6.07) is 8.95. The molecule has 0 aliphatic heterocycles. The minimum atomic E-state index is 0.458. The Hall–Kier alpha value is -1.32. The molecule has 0 radical (unpaired) electrons. The van der Waals surface area contributed by atoms with Crippen LogP contribution in [0.3, 0.4) is 0 Å². The van der Waals surface area contributed by atoms with Crippen LogP contribution >= 0.6 is 11.3 Å². The second-order valence-corrected chi connectivity index (χ2v) is 5.71. The number of ether oxygens (including phenoxy) is 1. The van der Waals surface area contributed by atoms with Gasteiger partial charge in [-0.1, -0.05) is 17.7 Å². The van der Waals surface area contributed by atoms with Crippen LogP contribution in [0.1, 0.15) is 23.6 Å². The first-order valence-corrected chi connectivity index (χ1v) is 7.51. The Labute approximate surface area is 119 Å². The molecule has 1 atom stereocenters. The number of nitrogens with one attached hydrogen (secondary N) is 1. The van der Waals surface area contributed by atoms with Gasteiger partial charge < -0.3 is 10.1 Å². The van der Waals surface area contributed by atoms with E-state index in [0.29, 0.717) is 6.04 Å². The highest BCUT2D eigenvalue weighted by atomic mass is 32.1. The Morgan fingerprint density at radius 1 is 1.32 bits per heavy atom. The number of thiophene rings is 1. The third-order valence-corrected chi connectivity index (χ3v) is 3.93. The normalized spacial score (nSPS) is 12.4. The third kappa shape index (κ3) is 4.08. The van der Waals surface area contributed by atoms with Gasteiger partial charge in [0.15, 0.2) is 0 Å². The first-order chi connectivity index (χ1) is 9.19. The van der Waals surface area contributed by atoms with E-state index in [1.807, 2.05) is 6.07 Å². The second kappa shape index (κ2) is 6.73. The maximum absolute atomic E-state index is 5.40. The van der Waals surface area contributed by atoms with Crippen LogP contribution in [0.4, 0.5) is 0 Å². The zero-order valence-corrected chi connectivity index (χ0v) is 12.6. The fraction of sp³-hybridized carbons (Fsp3) is 0.375. The van der Waals surface area contributed by atoms with Crippen molar-refractivity contribution < 1.29 is 4.74 Å².